The molecule has 7 heteroatoms. The smallest absolute Gasteiger partial charge is 0.250 e. The molecule has 0 unspecified atom stereocenters. The van der Waals surface area contributed by atoms with Crippen LogP contribution in [-0.2, 0) is 10.5 Å². The first-order chi connectivity index (χ1) is 11.3. The zero-order chi connectivity index (χ0) is 15.9. The van der Waals surface area contributed by atoms with Gasteiger partial charge in [-0.15, -0.1) is 21.5 Å². The minimum Gasteiger partial charge on any atom is -0.297 e. The van der Waals surface area contributed by atoms with E-state index >= 15 is 0 Å². The number of rotatable bonds is 6. The Morgan fingerprint density at radius 2 is 2.04 bits per heavy atom. The van der Waals surface area contributed by atoms with E-state index in [-0.39, 0.29) is 5.91 Å². The summed E-state index contributed by atoms with van der Waals surface area (Å²) in [5.41, 5.74) is 1.23. The van der Waals surface area contributed by atoms with E-state index in [0.29, 0.717) is 5.13 Å². The van der Waals surface area contributed by atoms with Gasteiger partial charge in [-0.1, -0.05) is 59.5 Å². The highest BCUT2D eigenvalue weighted by Gasteiger charge is 2.07. The molecule has 0 aliphatic rings. The first-order valence-corrected chi connectivity index (χ1v) is 9.50. The maximum Gasteiger partial charge on any atom is 0.250 e. The second-order valence-corrected chi connectivity index (χ2v) is 7.66. The van der Waals surface area contributed by atoms with E-state index in [1.165, 1.54) is 23.0 Å². The van der Waals surface area contributed by atoms with Crippen molar-refractivity contribution in [1.82, 2.24) is 10.2 Å². The van der Waals surface area contributed by atoms with Gasteiger partial charge in [-0.2, -0.15) is 0 Å². The van der Waals surface area contributed by atoms with Crippen molar-refractivity contribution in [3.63, 3.8) is 0 Å². The topological polar surface area (TPSA) is 54.9 Å². The average Bonchev–Trinajstić information content (AvgIpc) is 3.24. The monoisotopic (exact) mass is 359 g/mol. The number of amides is 1. The summed E-state index contributed by atoms with van der Waals surface area (Å²) in [7, 11) is 0. The van der Waals surface area contributed by atoms with Gasteiger partial charge < -0.3 is 0 Å². The van der Waals surface area contributed by atoms with Crippen LogP contribution in [0.5, 0.6) is 0 Å². The van der Waals surface area contributed by atoms with E-state index in [1.807, 2.05) is 35.7 Å². The predicted molar refractivity (Wildman–Crippen MR) is 97.9 cm³/mol. The zero-order valence-electron chi connectivity index (χ0n) is 12.0. The van der Waals surface area contributed by atoms with Crippen molar-refractivity contribution >= 4 is 51.6 Å². The minimum absolute atomic E-state index is 0.200. The number of nitrogens with one attached hydrogen (secondary N) is 1. The Morgan fingerprint density at radius 1 is 1.17 bits per heavy atom. The van der Waals surface area contributed by atoms with Gasteiger partial charge in [0, 0.05) is 16.7 Å². The van der Waals surface area contributed by atoms with Crippen molar-refractivity contribution in [2.75, 3.05) is 5.32 Å². The Morgan fingerprint density at radius 3 is 2.83 bits per heavy atom. The molecule has 2 aromatic heterocycles. The fourth-order valence-corrected chi connectivity index (χ4v) is 4.06. The molecule has 0 saturated carbocycles. The van der Waals surface area contributed by atoms with Crippen LogP contribution >= 0.6 is 34.4 Å². The van der Waals surface area contributed by atoms with E-state index in [2.05, 4.69) is 27.6 Å². The van der Waals surface area contributed by atoms with Crippen LogP contribution in [0.2, 0.25) is 0 Å². The number of nitrogens with zero attached hydrogens (tertiary/aromatic N) is 2. The first kappa shape index (κ1) is 15.9. The molecule has 4 nitrogen and oxygen atoms in total. The van der Waals surface area contributed by atoms with E-state index in [1.54, 1.807) is 29.2 Å². The largest absolute Gasteiger partial charge is 0.297 e. The Kier molecular flexibility index (Phi) is 5.57. The third kappa shape index (κ3) is 5.02. The number of thioether (sulfide) groups is 1. The van der Waals surface area contributed by atoms with E-state index in [4.69, 9.17) is 0 Å². The van der Waals surface area contributed by atoms with E-state index in [9.17, 15) is 4.79 Å². The maximum atomic E-state index is 11.8. The summed E-state index contributed by atoms with van der Waals surface area (Å²) in [6, 6.07) is 14.1. The normalized spacial score (nSPS) is 11.0. The van der Waals surface area contributed by atoms with Crippen LogP contribution in [0.4, 0.5) is 5.13 Å². The number of carbonyl (C=O) groups is 1. The van der Waals surface area contributed by atoms with Crippen molar-refractivity contribution in [2.24, 2.45) is 0 Å². The van der Waals surface area contributed by atoms with Crippen molar-refractivity contribution in [3.05, 3.63) is 64.4 Å². The summed E-state index contributed by atoms with van der Waals surface area (Å²) in [5.74, 6) is 0.635. The van der Waals surface area contributed by atoms with Crippen molar-refractivity contribution in [1.29, 1.82) is 0 Å². The van der Waals surface area contributed by atoms with Crippen molar-refractivity contribution in [2.45, 2.75) is 10.1 Å². The highest BCUT2D eigenvalue weighted by molar-refractivity contribution is 8.00. The molecule has 0 radical (unpaired) electrons. The second kappa shape index (κ2) is 8.05. The lowest BCUT2D eigenvalue weighted by Gasteiger charge is -1.97. The van der Waals surface area contributed by atoms with Crippen LogP contribution in [-0.4, -0.2) is 16.1 Å². The highest BCUT2D eigenvalue weighted by Crippen LogP contribution is 2.28. The van der Waals surface area contributed by atoms with Gasteiger partial charge in [-0.3, -0.25) is 10.1 Å². The van der Waals surface area contributed by atoms with E-state index in [0.717, 1.165) is 15.0 Å². The van der Waals surface area contributed by atoms with Gasteiger partial charge in [-0.25, -0.2) is 0 Å². The summed E-state index contributed by atoms with van der Waals surface area (Å²) in [5, 5.41) is 13.3. The Bertz CT molecular complexity index is 782. The number of benzene rings is 1. The molecule has 0 bridgehead atoms. The summed E-state index contributed by atoms with van der Waals surface area (Å²) in [6.45, 7) is 0. The molecule has 116 valence electrons. The number of thiophene rings is 1. The molecule has 3 rings (SSSR count). The molecular formula is C16H13N3OS3. The first-order valence-electron chi connectivity index (χ1n) is 6.82. The maximum absolute atomic E-state index is 11.8. The minimum atomic E-state index is -0.200. The third-order valence-corrected chi connectivity index (χ3v) is 5.66. The number of anilines is 1. The molecule has 0 aliphatic carbocycles. The molecule has 2 heterocycles. The molecule has 0 spiro atoms. The van der Waals surface area contributed by atoms with Crippen molar-refractivity contribution in [3.8, 4) is 0 Å². The zero-order valence-corrected chi connectivity index (χ0v) is 14.5. The van der Waals surface area contributed by atoms with Crippen LogP contribution in [0.25, 0.3) is 6.08 Å². The van der Waals surface area contributed by atoms with Crippen molar-refractivity contribution < 1.29 is 4.79 Å². The average molecular weight is 360 g/mol. The molecule has 23 heavy (non-hydrogen) atoms. The molecule has 0 atom stereocenters. The Hall–Kier alpha value is -1.96. The van der Waals surface area contributed by atoms with Crippen LogP contribution in [0.1, 0.15) is 10.4 Å². The Labute approximate surface area is 146 Å². The number of aromatic nitrogens is 2. The van der Waals surface area contributed by atoms with Gasteiger partial charge in [0.15, 0.2) is 4.34 Å². The lowest BCUT2D eigenvalue weighted by Crippen LogP contribution is -2.07. The number of hydrogen-bond acceptors (Lipinski definition) is 6. The fourth-order valence-electron chi connectivity index (χ4n) is 1.73. The second-order valence-electron chi connectivity index (χ2n) is 4.49. The predicted octanol–water partition coefficient (Wildman–Crippen LogP) is 4.54. The van der Waals surface area contributed by atoms with Gasteiger partial charge in [0.1, 0.15) is 0 Å². The fraction of sp³-hybridized carbons (Fsp3) is 0.0625. The van der Waals surface area contributed by atoms with Gasteiger partial charge >= 0.3 is 0 Å². The standard InChI is InChI=1S/C16H13N3OS3/c20-14(9-8-13-7-4-10-21-13)17-15-18-19-16(23-15)22-11-12-5-2-1-3-6-12/h1-10H,11H2,(H,17,18,20). The molecular weight excluding hydrogens is 346 g/mol. The van der Waals surface area contributed by atoms with Crippen LogP contribution in [0.3, 0.4) is 0 Å². The van der Waals surface area contributed by atoms with Crippen LogP contribution < -0.4 is 5.32 Å². The number of hydrogen-bond donors (Lipinski definition) is 1. The van der Waals surface area contributed by atoms with Gasteiger partial charge in [0.2, 0.25) is 11.0 Å². The lowest BCUT2D eigenvalue weighted by atomic mass is 10.2. The van der Waals surface area contributed by atoms with Crippen LogP contribution in [0.15, 0.2) is 58.3 Å². The molecule has 0 aliphatic heterocycles. The molecule has 1 N–H and O–H groups in total. The van der Waals surface area contributed by atoms with Gasteiger partial charge in [-0.05, 0) is 23.1 Å². The summed E-state index contributed by atoms with van der Waals surface area (Å²) >= 11 is 4.58. The summed E-state index contributed by atoms with van der Waals surface area (Å²) in [4.78, 5) is 12.9. The number of carbonyl (C=O) groups excluding carboxylic acids is 1. The summed E-state index contributed by atoms with van der Waals surface area (Å²) < 4.78 is 0.839. The molecule has 1 aromatic carbocycles. The lowest BCUT2D eigenvalue weighted by molar-refractivity contribution is -0.111. The SMILES string of the molecule is O=C(C=Cc1cccs1)Nc1nnc(SCc2ccccc2)s1. The highest BCUT2D eigenvalue weighted by atomic mass is 32.2. The van der Waals surface area contributed by atoms with Gasteiger partial charge in [0.05, 0.1) is 0 Å². The van der Waals surface area contributed by atoms with Crippen LogP contribution in [0, 0.1) is 0 Å². The van der Waals surface area contributed by atoms with Gasteiger partial charge in [0.25, 0.3) is 0 Å². The molecule has 0 fully saturated rings. The molecule has 0 saturated heterocycles. The molecule has 3 aromatic rings. The third-order valence-electron chi connectivity index (χ3n) is 2.78. The summed E-state index contributed by atoms with van der Waals surface area (Å²) in [6.07, 6.45) is 3.29. The molecule has 1 amide bonds. The van der Waals surface area contributed by atoms with E-state index < -0.39 is 0 Å². The quantitative estimate of drug-likeness (QED) is 0.399. The Balaban J connectivity index is 1.51.